The summed E-state index contributed by atoms with van der Waals surface area (Å²) in [7, 11) is 0. The molecule has 0 heterocycles. The van der Waals surface area contributed by atoms with E-state index in [0.717, 1.165) is 64.3 Å². The SMILES string of the molecule is CCCc1ccc(-c2ccc(N(c3ccc(-c4c(C)cc(C)cc4C)cc3)c3ccc(-c4cc(C)c(-c5ccc(N(c6ccc(-c7c(C)cc(Br)cc7C)cc6)c6ccc(-c7ccc(CCC)cc7)c(C)c6)cc5C)cc4C)c(C)c3)cc2C)cc1. The van der Waals surface area contributed by atoms with Gasteiger partial charge in [-0.25, -0.2) is 0 Å². The molecule has 0 saturated carbocycles. The summed E-state index contributed by atoms with van der Waals surface area (Å²) in [5.41, 5.74) is 38.5. The van der Waals surface area contributed by atoms with Crippen molar-refractivity contribution in [2.45, 2.75) is 116 Å². The van der Waals surface area contributed by atoms with Gasteiger partial charge in [-0.2, -0.15) is 0 Å². The lowest BCUT2D eigenvalue weighted by Gasteiger charge is -2.28. The van der Waals surface area contributed by atoms with Crippen LogP contribution < -0.4 is 9.80 Å². The largest absolute Gasteiger partial charge is 0.310 e. The third kappa shape index (κ3) is 12.2. The van der Waals surface area contributed by atoms with Gasteiger partial charge in [0.1, 0.15) is 0 Å². The van der Waals surface area contributed by atoms with Crippen molar-refractivity contribution in [1.82, 2.24) is 0 Å². The normalized spacial score (nSPS) is 11.3. The number of hydrogen-bond acceptors (Lipinski definition) is 2. The molecular weight excluding hydrogens is 1100 g/mol. The zero-order valence-corrected chi connectivity index (χ0v) is 54.3. The molecule has 0 aliphatic carbocycles. The maximum Gasteiger partial charge on any atom is 0.0464 e. The molecule has 430 valence electrons. The highest BCUT2D eigenvalue weighted by atomic mass is 79.9. The molecule has 11 aromatic rings. The van der Waals surface area contributed by atoms with Crippen molar-refractivity contribution in [3.63, 3.8) is 0 Å². The number of aryl methyl sites for hydroxylation is 13. The number of benzene rings is 11. The first kappa shape index (κ1) is 59.2. The number of anilines is 6. The molecule has 0 aromatic heterocycles. The van der Waals surface area contributed by atoms with Crippen molar-refractivity contribution in [2.75, 3.05) is 9.80 Å². The van der Waals surface area contributed by atoms with Crippen LogP contribution in [0.5, 0.6) is 0 Å². The van der Waals surface area contributed by atoms with Crippen LogP contribution in [-0.4, -0.2) is 0 Å². The second-order valence-electron chi connectivity index (χ2n) is 24.3. The standard InChI is InChI=1S/C83H81BrN2/c1-14-16-63-18-22-65(23-19-63)76-38-34-72(46-53(76)4)85(70-30-26-67(27-31-70)82-59(10)42-52(3)43-60(82)11)74-36-40-78(55(6)48-74)80-50-58(9)81(51-57(80)8)79-41-37-75(49-56(79)7)86(71-32-28-68(29-33-71)83-61(12)44-69(84)45-62(83)13)73-35-39-77(54(5)47-73)66-24-20-64(17-15-2)21-25-66/h18-51H,14-17H2,1-13H3. The number of halogens is 1. The molecular formula is C83H81BrN2. The minimum absolute atomic E-state index is 1.10. The number of nitrogens with zero attached hydrogens (tertiary/aromatic N) is 2. The first-order chi connectivity index (χ1) is 41.5. The van der Waals surface area contributed by atoms with Gasteiger partial charge in [-0.05, 0) is 307 Å². The molecule has 3 heteroatoms. The van der Waals surface area contributed by atoms with E-state index >= 15 is 0 Å². The summed E-state index contributed by atoms with van der Waals surface area (Å²) in [6, 6.07) is 78.3. The average molecular weight is 1190 g/mol. The van der Waals surface area contributed by atoms with Crippen molar-refractivity contribution >= 4 is 50.1 Å². The molecule has 86 heavy (non-hydrogen) atoms. The fourth-order valence-electron chi connectivity index (χ4n) is 13.5. The highest BCUT2D eigenvalue weighted by molar-refractivity contribution is 9.10. The molecule has 0 radical (unpaired) electrons. The van der Waals surface area contributed by atoms with Crippen LogP contribution in [0, 0.1) is 76.2 Å². The summed E-state index contributed by atoms with van der Waals surface area (Å²) >= 11 is 3.72. The Balaban J connectivity index is 0.928. The van der Waals surface area contributed by atoms with Crippen LogP contribution in [0.4, 0.5) is 34.1 Å². The lowest BCUT2D eigenvalue weighted by atomic mass is 9.88. The average Bonchev–Trinajstić information content (AvgIpc) is 2.07. The van der Waals surface area contributed by atoms with E-state index in [0.29, 0.717) is 0 Å². The molecule has 0 spiro atoms. The summed E-state index contributed by atoms with van der Waals surface area (Å²) in [5, 5.41) is 0. The molecule has 0 atom stereocenters. The maximum absolute atomic E-state index is 3.72. The molecule has 0 aliphatic rings. The molecule has 2 nitrogen and oxygen atoms in total. The van der Waals surface area contributed by atoms with Gasteiger partial charge in [-0.3, -0.25) is 0 Å². The van der Waals surface area contributed by atoms with Crippen LogP contribution in [-0.2, 0) is 12.8 Å². The third-order valence-corrected chi connectivity index (χ3v) is 18.1. The Hall–Kier alpha value is -8.50. The Morgan fingerprint density at radius 3 is 0.849 bits per heavy atom. The van der Waals surface area contributed by atoms with E-state index in [9.17, 15) is 0 Å². The summed E-state index contributed by atoms with van der Waals surface area (Å²) in [6.07, 6.45) is 4.49. The van der Waals surface area contributed by atoms with Crippen LogP contribution in [0.2, 0.25) is 0 Å². The van der Waals surface area contributed by atoms with Crippen LogP contribution >= 0.6 is 15.9 Å². The van der Waals surface area contributed by atoms with Crippen molar-refractivity contribution in [3.8, 4) is 66.8 Å². The zero-order valence-electron chi connectivity index (χ0n) is 52.7. The van der Waals surface area contributed by atoms with Crippen LogP contribution in [0.1, 0.15) is 99.0 Å². The minimum atomic E-state index is 1.10. The van der Waals surface area contributed by atoms with Gasteiger partial charge in [0.25, 0.3) is 0 Å². The Labute approximate surface area is 522 Å². The lowest BCUT2D eigenvalue weighted by Crippen LogP contribution is -2.11. The summed E-state index contributed by atoms with van der Waals surface area (Å²) in [4.78, 5) is 4.85. The van der Waals surface area contributed by atoms with Gasteiger partial charge in [-0.15, -0.1) is 0 Å². The van der Waals surface area contributed by atoms with E-state index in [1.54, 1.807) is 0 Å². The predicted molar refractivity (Wildman–Crippen MR) is 376 cm³/mol. The van der Waals surface area contributed by atoms with Crippen molar-refractivity contribution in [3.05, 3.63) is 283 Å². The van der Waals surface area contributed by atoms with E-state index < -0.39 is 0 Å². The first-order valence-electron chi connectivity index (χ1n) is 30.9. The highest BCUT2D eigenvalue weighted by Gasteiger charge is 2.21. The van der Waals surface area contributed by atoms with Gasteiger partial charge in [0.2, 0.25) is 0 Å². The lowest BCUT2D eigenvalue weighted by molar-refractivity contribution is 0.922. The van der Waals surface area contributed by atoms with E-state index in [2.05, 4.69) is 322 Å². The zero-order chi connectivity index (χ0) is 60.5. The quantitative estimate of drug-likeness (QED) is 0.0951. The Bertz CT molecular complexity index is 3970. The molecule has 0 saturated heterocycles. The second-order valence-corrected chi connectivity index (χ2v) is 25.2. The summed E-state index contributed by atoms with van der Waals surface area (Å²) in [6.45, 7) is 29.1. The monoisotopic (exact) mass is 1180 g/mol. The van der Waals surface area contributed by atoms with Gasteiger partial charge in [-0.1, -0.05) is 170 Å². The Morgan fingerprint density at radius 2 is 0.535 bits per heavy atom. The minimum Gasteiger partial charge on any atom is -0.310 e. The predicted octanol–water partition coefficient (Wildman–Crippen LogP) is 24.7. The van der Waals surface area contributed by atoms with E-state index in [4.69, 9.17) is 0 Å². The van der Waals surface area contributed by atoms with Crippen molar-refractivity contribution in [1.29, 1.82) is 0 Å². The Morgan fingerprint density at radius 1 is 0.256 bits per heavy atom. The van der Waals surface area contributed by atoms with Gasteiger partial charge < -0.3 is 9.80 Å². The number of hydrogen-bond donors (Lipinski definition) is 0. The molecule has 0 unspecified atom stereocenters. The van der Waals surface area contributed by atoms with Gasteiger partial charge in [0, 0.05) is 38.6 Å². The molecule has 0 amide bonds. The maximum atomic E-state index is 3.72. The third-order valence-electron chi connectivity index (χ3n) is 17.6. The van der Waals surface area contributed by atoms with Crippen LogP contribution in [0.25, 0.3) is 66.8 Å². The van der Waals surface area contributed by atoms with Gasteiger partial charge in [0.05, 0.1) is 0 Å². The van der Waals surface area contributed by atoms with E-state index in [-0.39, 0.29) is 0 Å². The molecule has 0 aliphatic heterocycles. The van der Waals surface area contributed by atoms with E-state index in [1.807, 2.05) is 0 Å². The molecule has 11 aromatic carbocycles. The molecule has 11 rings (SSSR count). The fourth-order valence-corrected chi connectivity index (χ4v) is 14.2. The molecule has 0 bridgehead atoms. The Kier molecular flexibility index (Phi) is 17.4. The molecule has 0 fully saturated rings. The second kappa shape index (κ2) is 25.2. The van der Waals surface area contributed by atoms with Crippen LogP contribution in [0.15, 0.2) is 211 Å². The summed E-state index contributed by atoms with van der Waals surface area (Å²) in [5.74, 6) is 0. The van der Waals surface area contributed by atoms with Crippen LogP contribution in [0.3, 0.4) is 0 Å². The van der Waals surface area contributed by atoms with Crippen molar-refractivity contribution < 1.29 is 0 Å². The van der Waals surface area contributed by atoms with Gasteiger partial charge >= 0.3 is 0 Å². The highest BCUT2D eigenvalue weighted by Crippen LogP contribution is 2.45. The first-order valence-corrected chi connectivity index (χ1v) is 31.6. The fraction of sp³-hybridized carbons (Fsp3) is 0.205. The van der Waals surface area contributed by atoms with Gasteiger partial charge in [0.15, 0.2) is 0 Å². The van der Waals surface area contributed by atoms with E-state index in [1.165, 1.54) is 139 Å². The summed E-state index contributed by atoms with van der Waals surface area (Å²) < 4.78 is 1.11. The number of rotatable bonds is 16. The molecule has 0 N–H and O–H groups in total. The topological polar surface area (TPSA) is 6.48 Å². The van der Waals surface area contributed by atoms with Crippen molar-refractivity contribution in [2.24, 2.45) is 0 Å². The smallest absolute Gasteiger partial charge is 0.0464 e.